The van der Waals surface area contributed by atoms with Crippen LogP contribution in [0.25, 0.3) is 0 Å². The minimum absolute atomic E-state index is 0.166. The first-order valence-electron chi connectivity index (χ1n) is 4.90. The molecule has 2 rings (SSSR count). The molecule has 0 aromatic heterocycles. The highest BCUT2D eigenvalue weighted by atomic mass is 32.2. The zero-order chi connectivity index (χ0) is 9.97. The van der Waals surface area contributed by atoms with E-state index in [0.29, 0.717) is 4.58 Å². The molecular weight excluding hydrogens is 252 g/mol. The Kier molecular flexibility index (Phi) is 4.75. The van der Waals surface area contributed by atoms with Gasteiger partial charge in [-0.1, -0.05) is 0 Å². The summed E-state index contributed by atoms with van der Waals surface area (Å²) in [6.07, 6.45) is -0.166. The van der Waals surface area contributed by atoms with Crippen molar-refractivity contribution in [1.29, 1.82) is 0 Å². The molecule has 0 aromatic carbocycles. The van der Waals surface area contributed by atoms with Gasteiger partial charge in [-0.3, -0.25) is 0 Å². The van der Waals surface area contributed by atoms with Gasteiger partial charge in [0, 0.05) is 33.5 Å². The number of rotatable bonds is 5. The van der Waals surface area contributed by atoms with E-state index in [4.69, 9.17) is 0 Å². The molecule has 0 saturated carbocycles. The smallest absolute Gasteiger partial charge is 0.0765 e. The van der Waals surface area contributed by atoms with Gasteiger partial charge >= 0.3 is 0 Å². The predicted octanol–water partition coefficient (Wildman–Crippen LogP) is 2.39. The van der Waals surface area contributed by atoms with E-state index in [1.165, 1.54) is 23.0 Å². The Labute approximate surface area is 103 Å². The molecule has 5 heteroatoms. The molecular formula is C9H16OS4. The molecule has 0 aromatic rings. The molecule has 0 spiro atoms. The molecule has 0 radical (unpaired) electrons. The van der Waals surface area contributed by atoms with Gasteiger partial charge in [0.2, 0.25) is 0 Å². The molecule has 1 unspecified atom stereocenters. The summed E-state index contributed by atoms with van der Waals surface area (Å²) in [6.45, 7) is 1.93. The summed E-state index contributed by atoms with van der Waals surface area (Å²) in [5.41, 5.74) is 0. The largest absolute Gasteiger partial charge is 0.391 e. The van der Waals surface area contributed by atoms with E-state index in [0.717, 1.165) is 10.5 Å². The van der Waals surface area contributed by atoms with Gasteiger partial charge in [0.25, 0.3) is 0 Å². The van der Waals surface area contributed by atoms with Gasteiger partial charge in [0.1, 0.15) is 0 Å². The first-order chi connectivity index (χ1) is 6.75. The number of hydrogen-bond acceptors (Lipinski definition) is 5. The van der Waals surface area contributed by atoms with E-state index in [1.807, 2.05) is 54.0 Å². The van der Waals surface area contributed by atoms with Gasteiger partial charge in [-0.05, 0) is 6.92 Å². The van der Waals surface area contributed by atoms with Crippen molar-refractivity contribution in [2.24, 2.45) is 0 Å². The highest BCUT2D eigenvalue weighted by Crippen LogP contribution is 2.42. The molecule has 0 amide bonds. The molecule has 2 fully saturated rings. The van der Waals surface area contributed by atoms with Crippen LogP contribution in [-0.4, -0.2) is 49.3 Å². The second-order valence-electron chi connectivity index (χ2n) is 3.70. The fourth-order valence-corrected chi connectivity index (χ4v) is 6.91. The van der Waals surface area contributed by atoms with Crippen molar-refractivity contribution in [2.45, 2.75) is 28.1 Å². The lowest BCUT2D eigenvalue weighted by Crippen LogP contribution is -2.31. The third kappa shape index (κ3) is 3.17. The van der Waals surface area contributed by atoms with Crippen molar-refractivity contribution in [3.05, 3.63) is 0 Å². The average molecular weight is 268 g/mol. The van der Waals surface area contributed by atoms with Crippen LogP contribution in [0.3, 0.4) is 0 Å². The van der Waals surface area contributed by atoms with Crippen LogP contribution in [0.5, 0.6) is 0 Å². The molecule has 2 aliphatic rings. The maximum atomic E-state index is 9.69. The summed E-state index contributed by atoms with van der Waals surface area (Å²) in [6, 6.07) is 0. The van der Waals surface area contributed by atoms with E-state index >= 15 is 0 Å². The lowest BCUT2D eigenvalue weighted by atomic mass is 10.5. The SMILES string of the molecule is CC(O)C(SC1CSC1)SC1CSC1. The fourth-order valence-electron chi connectivity index (χ4n) is 1.22. The highest BCUT2D eigenvalue weighted by molar-refractivity contribution is 8.20. The maximum absolute atomic E-state index is 9.69. The molecule has 2 saturated heterocycles. The third-order valence-electron chi connectivity index (χ3n) is 2.26. The summed E-state index contributed by atoms with van der Waals surface area (Å²) in [5, 5.41) is 11.3. The first kappa shape index (κ1) is 11.8. The molecule has 1 atom stereocenters. The van der Waals surface area contributed by atoms with E-state index < -0.39 is 0 Å². The van der Waals surface area contributed by atoms with Crippen molar-refractivity contribution < 1.29 is 5.11 Å². The van der Waals surface area contributed by atoms with Crippen LogP contribution in [0.2, 0.25) is 0 Å². The third-order valence-corrected chi connectivity index (χ3v) is 9.09. The number of thioether (sulfide) groups is 4. The summed E-state index contributed by atoms with van der Waals surface area (Å²) < 4.78 is 0.409. The minimum Gasteiger partial charge on any atom is -0.391 e. The standard InChI is InChI=1S/C9H16OS4/c1-6(10)9(13-7-2-11-3-7)14-8-4-12-5-8/h6-10H,2-5H2,1H3. The Balaban J connectivity index is 1.73. The molecule has 2 aliphatic heterocycles. The normalized spacial score (nSPS) is 25.9. The van der Waals surface area contributed by atoms with Crippen LogP contribution in [0.15, 0.2) is 0 Å². The zero-order valence-corrected chi connectivity index (χ0v) is 11.5. The number of aliphatic hydroxyl groups excluding tert-OH is 1. The van der Waals surface area contributed by atoms with Gasteiger partial charge in [-0.25, -0.2) is 0 Å². The Morgan fingerprint density at radius 1 is 1.07 bits per heavy atom. The lowest BCUT2D eigenvalue weighted by Gasteiger charge is -2.34. The van der Waals surface area contributed by atoms with Crippen molar-refractivity contribution in [2.75, 3.05) is 23.0 Å². The monoisotopic (exact) mass is 268 g/mol. The van der Waals surface area contributed by atoms with Crippen LogP contribution < -0.4 is 0 Å². The van der Waals surface area contributed by atoms with Crippen LogP contribution in [-0.2, 0) is 0 Å². The van der Waals surface area contributed by atoms with Crippen LogP contribution in [0.1, 0.15) is 6.92 Å². The van der Waals surface area contributed by atoms with Gasteiger partial charge in [0.05, 0.1) is 10.7 Å². The molecule has 0 aliphatic carbocycles. The fraction of sp³-hybridized carbons (Fsp3) is 1.00. The van der Waals surface area contributed by atoms with Gasteiger partial charge in [-0.2, -0.15) is 23.5 Å². The molecule has 2 heterocycles. The van der Waals surface area contributed by atoms with Gasteiger partial charge < -0.3 is 5.11 Å². The zero-order valence-electron chi connectivity index (χ0n) is 8.22. The van der Waals surface area contributed by atoms with Crippen molar-refractivity contribution in [3.8, 4) is 0 Å². The van der Waals surface area contributed by atoms with E-state index in [2.05, 4.69) is 0 Å². The quantitative estimate of drug-likeness (QED) is 0.770. The minimum atomic E-state index is -0.166. The molecule has 0 bridgehead atoms. The van der Waals surface area contributed by atoms with Crippen molar-refractivity contribution in [1.82, 2.24) is 0 Å². The van der Waals surface area contributed by atoms with E-state index in [9.17, 15) is 5.11 Å². The molecule has 1 N–H and O–H groups in total. The number of aliphatic hydroxyl groups is 1. The summed E-state index contributed by atoms with van der Waals surface area (Å²) in [5.74, 6) is 5.14. The predicted molar refractivity (Wildman–Crippen MR) is 72.9 cm³/mol. The Bertz CT molecular complexity index is 164. The van der Waals surface area contributed by atoms with Crippen LogP contribution in [0.4, 0.5) is 0 Å². The van der Waals surface area contributed by atoms with Gasteiger partial charge in [0.15, 0.2) is 0 Å². The highest BCUT2D eigenvalue weighted by Gasteiger charge is 2.30. The van der Waals surface area contributed by atoms with Crippen molar-refractivity contribution >= 4 is 47.0 Å². The Hall–Kier alpha value is 1.36. The topological polar surface area (TPSA) is 20.2 Å². The van der Waals surface area contributed by atoms with Crippen molar-refractivity contribution in [3.63, 3.8) is 0 Å². The van der Waals surface area contributed by atoms with Gasteiger partial charge in [-0.15, -0.1) is 23.5 Å². The number of hydrogen-bond donors (Lipinski definition) is 1. The summed E-state index contributed by atoms with van der Waals surface area (Å²) in [7, 11) is 0. The van der Waals surface area contributed by atoms with E-state index in [1.54, 1.807) is 0 Å². The second-order valence-corrected chi connectivity index (χ2v) is 9.04. The maximum Gasteiger partial charge on any atom is 0.0765 e. The molecule has 82 valence electrons. The Morgan fingerprint density at radius 2 is 1.50 bits per heavy atom. The molecule has 1 nitrogen and oxygen atoms in total. The average Bonchev–Trinajstić information content (AvgIpc) is 1.97. The summed E-state index contributed by atoms with van der Waals surface area (Å²) >= 11 is 8.04. The second kappa shape index (κ2) is 5.62. The summed E-state index contributed by atoms with van der Waals surface area (Å²) in [4.78, 5) is 0. The first-order valence-corrected chi connectivity index (χ1v) is 9.09. The lowest BCUT2D eigenvalue weighted by molar-refractivity contribution is 0.212. The van der Waals surface area contributed by atoms with E-state index in [-0.39, 0.29) is 6.10 Å². The van der Waals surface area contributed by atoms with Crippen LogP contribution in [0, 0.1) is 0 Å². The Morgan fingerprint density at radius 3 is 1.71 bits per heavy atom. The van der Waals surface area contributed by atoms with Crippen LogP contribution >= 0.6 is 47.0 Å². The molecule has 14 heavy (non-hydrogen) atoms.